The molecule has 2 aromatic heterocycles. The van der Waals surface area contributed by atoms with Crippen molar-refractivity contribution < 1.29 is 13.5 Å². The Labute approximate surface area is 98.4 Å². The Hall–Kier alpha value is -1.08. The van der Waals surface area contributed by atoms with Crippen LogP contribution in [-0.4, -0.2) is 21.7 Å². The third kappa shape index (κ3) is 2.05. The molecule has 2 rings (SSSR count). The molecule has 0 atom stereocenters. The van der Waals surface area contributed by atoms with Crippen LogP contribution in [0.15, 0.2) is 16.7 Å². The number of ether oxygens (including phenoxy) is 1. The number of fused-ring (bicyclic) bond motifs is 1. The summed E-state index contributed by atoms with van der Waals surface area (Å²) in [6.45, 7) is 0.248. The second-order valence-corrected chi connectivity index (χ2v) is 3.96. The molecule has 4 nitrogen and oxygen atoms in total. The highest BCUT2D eigenvalue weighted by Gasteiger charge is 2.13. The van der Waals surface area contributed by atoms with Crippen molar-refractivity contribution in [2.75, 3.05) is 7.11 Å². The van der Waals surface area contributed by atoms with E-state index in [-0.39, 0.29) is 12.2 Å². The number of aromatic nitrogens is 3. The van der Waals surface area contributed by atoms with Gasteiger partial charge in [-0.3, -0.25) is 0 Å². The number of alkyl halides is 2. The monoisotopic (exact) mass is 291 g/mol. The molecule has 0 aromatic carbocycles. The molecule has 0 fully saturated rings. The van der Waals surface area contributed by atoms with Gasteiger partial charge in [-0.05, 0) is 28.1 Å². The Morgan fingerprint density at radius 3 is 2.88 bits per heavy atom. The number of pyridine rings is 1. The average molecular weight is 292 g/mol. The van der Waals surface area contributed by atoms with Crippen molar-refractivity contribution in [3.63, 3.8) is 0 Å². The van der Waals surface area contributed by atoms with Gasteiger partial charge in [0.15, 0.2) is 11.5 Å². The van der Waals surface area contributed by atoms with Gasteiger partial charge in [-0.1, -0.05) is 0 Å². The molecule has 0 aliphatic rings. The van der Waals surface area contributed by atoms with E-state index in [1.807, 2.05) is 0 Å². The lowest BCUT2D eigenvalue weighted by molar-refractivity contribution is 0.151. The van der Waals surface area contributed by atoms with E-state index in [0.29, 0.717) is 16.1 Å². The van der Waals surface area contributed by atoms with Crippen LogP contribution >= 0.6 is 15.9 Å². The van der Waals surface area contributed by atoms with Crippen molar-refractivity contribution in [1.29, 1.82) is 0 Å². The Bertz CT molecular complexity index is 515. The summed E-state index contributed by atoms with van der Waals surface area (Å²) in [5, 5.41) is 4.09. The summed E-state index contributed by atoms with van der Waals surface area (Å²) in [7, 11) is 1.52. The van der Waals surface area contributed by atoms with Crippen LogP contribution in [0.4, 0.5) is 8.78 Å². The van der Waals surface area contributed by atoms with Gasteiger partial charge >= 0.3 is 0 Å². The highest BCUT2D eigenvalue weighted by atomic mass is 79.9. The Kier molecular flexibility index (Phi) is 3.15. The number of halogens is 3. The molecule has 2 heterocycles. The molecule has 2 aromatic rings. The minimum absolute atomic E-state index is 0.0873. The summed E-state index contributed by atoms with van der Waals surface area (Å²) in [5.41, 5.74) is 0.285. The van der Waals surface area contributed by atoms with Crippen molar-refractivity contribution >= 4 is 21.6 Å². The minimum Gasteiger partial charge on any atom is -0.377 e. The first-order valence-corrected chi connectivity index (χ1v) is 5.23. The number of nitrogens with zero attached hydrogens (tertiary/aromatic N) is 3. The molecule has 0 saturated heterocycles. The minimum atomic E-state index is -2.52. The van der Waals surface area contributed by atoms with Crippen molar-refractivity contribution in [3.8, 4) is 0 Å². The summed E-state index contributed by atoms with van der Waals surface area (Å²) < 4.78 is 31.8. The van der Waals surface area contributed by atoms with Crippen LogP contribution in [0.25, 0.3) is 5.65 Å². The smallest absolute Gasteiger partial charge is 0.264 e. The summed E-state index contributed by atoms with van der Waals surface area (Å²) in [6.07, 6.45) is -2.52. The van der Waals surface area contributed by atoms with Crippen LogP contribution in [0.1, 0.15) is 17.8 Å². The molecule has 0 aliphatic carbocycles. The molecule has 86 valence electrons. The fourth-order valence-corrected chi connectivity index (χ4v) is 1.85. The molecule has 0 saturated carbocycles. The van der Waals surface area contributed by atoms with Crippen molar-refractivity contribution in [3.05, 3.63) is 28.1 Å². The second-order valence-electron chi connectivity index (χ2n) is 3.14. The zero-order valence-corrected chi connectivity index (χ0v) is 9.91. The molecule has 16 heavy (non-hydrogen) atoms. The largest absolute Gasteiger partial charge is 0.377 e. The zero-order chi connectivity index (χ0) is 11.7. The number of hydrogen-bond acceptors (Lipinski definition) is 3. The van der Waals surface area contributed by atoms with Crippen LogP contribution in [0.3, 0.4) is 0 Å². The maximum absolute atomic E-state index is 12.5. The van der Waals surface area contributed by atoms with Gasteiger partial charge in [-0.2, -0.15) is 0 Å². The van der Waals surface area contributed by atoms with Gasteiger partial charge < -0.3 is 4.74 Å². The van der Waals surface area contributed by atoms with E-state index < -0.39 is 6.43 Å². The summed E-state index contributed by atoms with van der Waals surface area (Å²) in [6, 6.07) is 2.63. The maximum atomic E-state index is 12.5. The van der Waals surface area contributed by atoms with E-state index in [0.717, 1.165) is 0 Å². The first-order valence-electron chi connectivity index (χ1n) is 4.44. The topological polar surface area (TPSA) is 39.4 Å². The second kappa shape index (κ2) is 4.42. The van der Waals surface area contributed by atoms with E-state index >= 15 is 0 Å². The number of methoxy groups -OCH3 is 1. The maximum Gasteiger partial charge on any atom is 0.264 e. The molecular weight excluding hydrogens is 284 g/mol. The Morgan fingerprint density at radius 2 is 2.25 bits per heavy atom. The molecule has 7 heteroatoms. The van der Waals surface area contributed by atoms with Crippen molar-refractivity contribution in [2.45, 2.75) is 13.0 Å². The van der Waals surface area contributed by atoms with Gasteiger partial charge in [0.25, 0.3) is 6.43 Å². The third-order valence-electron chi connectivity index (χ3n) is 1.99. The Morgan fingerprint density at radius 1 is 1.50 bits per heavy atom. The predicted octanol–water partition coefficient (Wildman–Crippen LogP) is 2.58. The third-order valence-corrected chi connectivity index (χ3v) is 2.55. The van der Waals surface area contributed by atoms with Gasteiger partial charge in [0.05, 0.1) is 0 Å². The van der Waals surface area contributed by atoms with Crippen LogP contribution in [0.5, 0.6) is 0 Å². The summed E-state index contributed by atoms with van der Waals surface area (Å²) in [4.78, 5) is 4.07. The summed E-state index contributed by atoms with van der Waals surface area (Å²) in [5.74, 6) is 0.453. The average Bonchev–Trinajstić information content (AvgIpc) is 2.61. The fourth-order valence-electron chi connectivity index (χ4n) is 1.32. The normalized spacial score (nSPS) is 11.6. The summed E-state index contributed by atoms with van der Waals surface area (Å²) >= 11 is 3.17. The first-order chi connectivity index (χ1) is 7.61. The van der Waals surface area contributed by atoms with E-state index in [9.17, 15) is 8.78 Å². The van der Waals surface area contributed by atoms with Gasteiger partial charge in [-0.15, -0.1) is 5.10 Å². The Balaban J connectivity index is 2.54. The lowest BCUT2D eigenvalue weighted by Crippen LogP contribution is -1.94. The van der Waals surface area contributed by atoms with Gasteiger partial charge in [0.2, 0.25) is 0 Å². The lowest BCUT2D eigenvalue weighted by atomic mass is 10.3. The quantitative estimate of drug-likeness (QED) is 0.816. The van der Waals surface area contributed by atoms with Gasteiger partial charge in [0.1, 0.15) is 11.2 Å². The standard InChI is InChI=1S/C9H8BrF2N3O/c1-16-4-7-13-8-3-5(9(11)12)2-6(10)15(8)14-7/h2-3,9H,4H2,1H3. The van der Waals surface area contributed by atoms with Gasteiger partial charge in [0, 0.05) is 12.7 Å². The molecule has 0 amide bonds. The van der Waals surface area contributed by atoms with Crippen LogP contribution in [0.2, 0.25) is 0 Å². The van der Waals surface area contributed by atoms with E-state index in [4.69, 9.17) is 4.74 Å². The molecule has 0 spiro atoms. The van der Waals surface area contributed by atoms with Crippen LogP contribution in [0, 0.1) is 0 Å². The van der Waals surface area contributed by atoms with Crippen LogP contribution < -0.4 is 0 Å². The number of hydrogen-bond donors (Lipinski definition) is 0. The van der Waals surface area contributed by atoms with Gasteiger partial charge in [-0.25, -0.2) is 18.3 Å². The molecular formula is C9H8BrF2N3O. The highest BCUT2D eigenvalue weighted by molar-refractivity contribution is 9.10. The molecule has 0 unspecified atom stereocenters. The molecule has 0 aliphatic heterocycles. The SMILES string of the molecule is COCc1nc2cc(C(F)F)cc(Br)n2n1. The van der Waals surface area contributed by atoms with Crippen LogP contribution in [-0.2, 0) is 11.3 Å². The van der Waals surface area contributed by atoms with Crippen molar-refractivity contribution in [2.24, 2.45) is 0 Å². The first kappa shape index (κ1) is 11.4. The van der Waals surface area contributed by atoms with E-state index in [2.05, 4.69) is 26.0 Å². The van der Waals surface area contributed by atoms with E-state index in [1.54, 1.807) is 0 Å². The predicted molar refractivity (Wildman–Crippen MR) is 56.4 cm³/mol. The molecule has 0 N–H and O–H groups in total. The lowest BCUT2D eigenvalue weighted by Gasteiger charge is -2.01. The number of rotatable bonds is 3. The molecule has 0 bridgehead atoms. The zero-order valence-electron chi connectivity index (χ0n) is 8.32. The highest BCUT2D eigenvalue weighted by Crippen LogP contribution is 2.24. The fraction of sp³-hybridized carbons (Fsp3) is 0.333. The van der Waals surface area contributed by atoms with Crippen molar-refractivity contribution in [1.82, 2.24) is 14.6 Å². The van der Waals surface area contributed by atoms with E-state index in [1.165, 1.54) is 23.8 Å². The molecule has 0 radical (unpaired) electrons.